The van der Waals surface area contributed by atoms with Crippen molar-refractivity contribution in [3.8, 4) is 0 Å². The minimum atomic E-state index is -0.896. The number of aliphatic hydroxyl groups excluding tert-OH is 2. The summed E-state index contributed by atoms with van der Waals surface area (Å²) in [4.78, 5) is 12.5. The molecule has 7 heteroatoms. The van der Waals surface area contributed by atoms with Gasteiger partial charge in [0, 0.05) is 59.6 Å². The van der Waals surface area contributed by atoms with Crippen LogP contribution in [0, 0.1) is 0 Å². The molecule has 0 bridgehead atoms. The molecule has 2 aromatic heterocycles. The van der Waals surface area contributed by atoms with Crippen LogP contribution >= 0.6 is 11.6 Å². The van der Waals surface area contributed by atoms with E-state index >= 15 is 0 Å². The molecular formula is C21H19ClN4O2. The first kappa shape index (κ1) is 17.7. The molecule has 1 aromatic carbocycles. The fourth-order valence-corrected chi connectivity index (χ4v) is 4.71. The average molecular weight is 395 g/mol. The van der Waals surface area contributed by atoms with Crippen molar-refractivity contribution in [3.63, 3.8) is 0 Å². The Labute approximate surface area is 167 Å². The lowest BCUT2D eigenvalue weighted by Crippen LogP contribution is -2.50. The van der Waals surface area contributed by atoms with E-state index in [9.17, 15) is 10.2 Å². The molecule has 0 radical (unpaired) electrons. The normalized spacial score (nSPS) is 25.5. The Kier molecular flexibility index (Phi) is 4.19. The number of rotatable bonds is 3. The van der Waals surface area contributed by atoms with Crippen LogP contribution in [0.3, 0.4) is 0 Å². The number of aliphatic hydroxyl groups is 2. The number of halogens is 1. The summed E-state index contributed by atoms with van der Waals surface area (Å²) >= 11 is 6.14. The summed E-state index contributed by atoms with van der Waals surface area (Å²) in [7, 11) is 0. The number of fused-ring (bicyclic) bond motifs is 3. The highest BCUT2D eigenvalue weighted by molar-refractivity contribution is 6.30. The first-order valence-corrected chi connectivity index (χ1v) is 9.52. The molecular weight excluding hydrogens is 376 g/mol. The van der Waals surface area contributed by atoms with Crippen molar-refractivity contribution in [2.24, 2.45) is 0 Å². The van der Waals surface area contributed by atoms with Gasteiger partial charge >= 0.3 is 0 Å². The van der Waals surface area contributed by atoms with E-state index in [-0.39, 0.29) is 0 Å². The fourth-order valence-electron chi connectivity index (χ4n) is 4.58. The van der Waals surface area contributed by atoms with Crippen LogP contribution in [0.5, 0.6) is 0 Å². The van der Waals surface area contributed by atoms with Gasteiger partial charge in [-0.15, -0.1) is 0 Å². The molecule has 0 saturated carbocycles. The van der Waals surface area contributed by atoms with E-state index < -0.39 is 18.1 Å². The minimum absolute atomic E-state index is 0.573. The van der Waals surface area contributed by atoms with Crippen LogP contribution in [0.1, 0.15) is 34.7 Å². The van der Waals surface area contributed by atoms with Gasteiger partial charge in [0.2, 0.25) is 0 Å². The van der Waals surface area contributed by atoms with Gasteiger partial charge in [-0.1, -0.05) is 29.8 Å². The molecule has 142 valence electrons. The highest BCUT2D eigenvalue weighted by Gasteiger charge is 2.59. The van der Waals surface area contributed by atoms with Crippen LogP contribution in [0.4, 0.5) is 0 Å². The van der Waals surface area contributed by atoms with Gasteiger partial charge in [-0.3, -0.25) is 9.97 Å². The largest absolute Gasteiger partial charge is 0.374 e. The van der Waals surface area contributed by atoms with E-state index in [1.807, 2.05) is 46.2 Å². The predicted molar refractivity (Wildman–Crippen MR) is 104 cm³/mol. The minimum Gasteiger partial charge on any atom is -0.374 e. The van der Waals surface area contributed by atoms with Crippen LogP contribution in [-0.2, 0) is 5.66 Å². The van der Waals surface area contributed by atoms with Gasteiger partial charge in [0.1, 0.15) is 18.1 Å². The van der Waals surface area contributed by atoms with Crippen molar-refractivity contribution in [3.05, 3.63) is 94.5 Å². The summed E-state index contributed by atoms with van der Waals surface area (Å²) in [5.41, 5.74) is 2.44. The van der Waals surface area contributed by atoms with E-state index in [1.54, 1.807) is 30.9 Å². The molecule has 3 atom stereocenters. The lowest BCUT2D eigenvalue weighted by Gasteiger charge is -2.43. The summed E-state index contributed by atoms with van der Waals surface area (Å²) < 4.78 is 0. The second-order valence-electron chi connectivity index (χ2n) is 7.06. The second-order valence-corrected chi connectivity index (χ2v) is 7.50. The van der Waals surface area contributed by atoms with E-state index in [0.29, 0.717) is 23.7 Å². The first-order valence-electron chi connectivity index (χ1n) is 9.14. The first-order chi connectivity index (χ1) is 13.6. The molecule has 0 spiro atoms. The van der Waals surface area contributed by atoms with Gasteiger partial charge < -0.3 is 10.2 Å². The van der Waals surface area contributed by atoms with Gasteiger partial charge in [0.25, 0.3) is 0 Å². The highest BCUT2D eigenvalue weighted by atomic mass is 35.5. The molecule has 0 aliphatic carbocycles. The molecule has 2 N–H and O–H groups in total. The number of benzene rings is 1. The zero-order valence-electron chi connectivity index (χ0n) is 15.0. The maximum Gasteiger partial charge on any atom is 0.137 e. The van der Waals surface area contributed by atoms with Gasteiger partial charge in [-0.05, 0) is 29.8 Å². The third-order valence-electron chi connectivity index (χ3n) is 5.74. The molecule has 1 fully saturated rings. The maximum atomic E-state index is 11.3. The van der Waals surface area contributed by atoms with Crippen molar-refractivity contribution in [2.75, 3.05) is 13.1 Å². The van der Waals surface area contributed by atoms with E-state index in [1.165, 1.54) is 0 Å². The number of aromatic nitrogens is 2. The summed E-state index contributed by atoms with van der Waals surface area (Å²) in [5.74, 6) is 0. The standard InChI is InChI=1S/C21H19ClN4O2/c22-16-5-3-15(4-6-16)21-18-13-24-9-7-17(18)20(28)26(21)11-10-25(21)19(27)14-2-1-8-23-12-14/h1-9,12-13,19-20,27-28H,10-11H2/t19?,20?,21-/m1/s1. The number of nitrogens with zero attached hydrogens (tertiary/aromatic N) is 4. The molecule has 0 amide bonds. The van der Waals surface area contributed by atoms with Gasteiger partial charge in [-0.25, -0.2) is 9.80 Å². The number of hydrogen-bond donors (Lipinski definition) is 2. The zero-order valence-corrected chi connectivity index (χ0v) is 15.7. The van der Waals surface area contributed by atoms with Crippen LogP contribution in [0.15, 0.2) is 67.3 Å². The Morgan fingerprint density at radius 3 is 2.57 bits per heavy atom. The quantitative estimate of drug-likeness (QED) is 0.711. The molecule has 2 aliphatic rings. The Hall–Kier alpha value is -2.35. The smallest absolute Gasteiger partial charge is 0.137 e. The molecule has 3 aromatic rings. The third-order valence-corrected chi connectivity index (χ3v) is 5.99. The van der Waals surface area contributed by atoms with Crippen LogP contribution in [0.2, 0.25) is 5.02 Å². The Morgan fingerprint density at radius 2 is 1.82 bits per heavy atom. The molecule has 2 unspecified atom stereocenters. The average Bonchev–Trinajstić information content (AvgIpc) is 3.25. The molecule has 5 rings (SSSR count). The van der Waals surface area contributed by atoms with Crippen LogP contribution in [0.25, 0.3) is 0 Å². The molecule has 28 heavy (non-hydrogen) atoms. The van der Waals surface area contributed by atoms with Crippen molar-refractivity contribution in [1.29, 1.82) is 0 Å². The van der Waals surface area contributed by atoms with Crippen LogP contribution in [-0.4, -0.2) is 43.1 Å². The van der Waals surface area contributed by atoms with Gasteiger partial charge in [-0.2, -0.15) is 0 Å². The monoisotopic (exact) mass is 394 g/mol. The van der Waals surface area contributed by atoms with Crippen molar-refractivity contribution >= 4 is 11.6 Å². The Balaban J connectivity index is 1.74. The summed E-state index contributed by atoms with van der Waals surface area (Å²) in [5, 5.41) is 23.0. The lowest BCUT2D eigenvalue weighted by molar-refractivity contribution is -0.106. The summed E-state index contributed by atoms with van der Waals surface area (Å²) in [6.07, 6.45) is 5.13. The topological polar surface area (TPSA) is 72.7 Å². The van der Waals surface area contributed by atoms with Crippen molar-refractivity contribution in [2.45, 2.75) is 18.1 Å². The van der Waals surface area contributed by atoms with Crippen molar-refractivity contribution < 1.29 is 10.2 Å². The summed E-state index contributed by atoms with van der Waals surface area (Å²) in [6.45, 7) is 1.17. The Bertz CT molecular complexity index is 1000. The van der Waals surface area contributed by atoms with Gasteiger partial charge in [0.15, 0.2) is 0 Å². The molecule has 6 nitrogen and oxygen atoms in total. The highest BCUT2D eigenvalue weighted by Crippen LogP contribution is 2.55. The van der Waals surface area contributed by atoms with E-state index in [4.69, 9.17) is 11.6 Å². The van der Waals surface area contributed by atoms with Gasteiger partial charge in [0.05, 0.1) is 0 Å². The fraction of sp³-hybridized carbons (Fsp3) is 0.238. The maximum absolute atomic E-state index is 11.3. The lowest BCUT2D eigenvalue weighted by atomic mass is 9.90. The van der Waals surface area contributed by atoms with Crippen molar-refractivity contribution in [1.82, 2.24) is 19.8 Å². The Morgan fingerprint density at radius 1 is 1.04 bits per heavy atom. The second kappa shape index (κ2) is 6.62. The summed E-state index contributed by atoms with van der Waals surface area (Å²) in [6, 6.07) is 13.0. The molecule has 4 heterocycles. The number of pyridine rings is 2. The number of hydrogen-bond acceptors (Lipinski definition) is 6. The van der Waals surface area contributed by atoms with E-state index in [2.05, 4.69) is 9.97 Å². The van der Waals surface area contributed by atoms with Crippen LogP contribution < -0.4 is 0 Å². The molecule has 2 aliphatic heterocycles. The van der Waals surface area contributed by atoms with E-state index in [0.717, 1.165) is 16.7 Å². The SMILES string of the molecule is OC(c1cccnc1)N1CCN2C(O)c3ccncc3[C@]12c1ccc(Cl)cc1. The zero-order chi connectivity index (χ0) is 19.3. The molecule has 1 saturated heterocycles. The third kappa shape index (κ3) is 2.36. The predicted octanol–water partition coefficient (Wildman–Crippen LogP) is 2.64.